The number of rotatable bonds is 3. The van der Waals surface area contributed by atoms with E-state index in [1.165, 1.54) is 4.88 Å². The molecule has 5 nitrogen and oxygen atoms in total. The summed E-state index contributed by atoms with van der Waals surface area (Å²) in [6.07, 6.45) is 3.17. The third kappa shape index (κ3) is 3.76. The topological polar surface area (TPSA) is 54.5 Å². The van der Waals surface area contributed by atoms with E-state index in [0.717, 1.165) is 62.0 Å². The smallest absolute Gasteiger partial charge is 0.257 e. The second-order valence-corrected chi connectivity index (χ2v) is 7.84. The molecule has 25 heavy (non-hydrogen) atoms. The molecule has 1 fully saturated rings. The maximum Gasteiger partial charge on any atom is 0.257 e. The van der Waals surface area contributed by atoms with Crippen molar-refractivity contribution in [2.45, 2.75) is 32.2 Å². The highest BCUT2D eigenvalue weighted by atomic mass is 32.1. The van der Waals surface area contributed by atoms with Crippen LogP contribution < -0.4 is 5.32 Å². The van der Waals surface area contributed by atoms with E-state index >= 15 is 0 Å². The highest BCUT2D eigenvalue weighted by Gasteiger charge is 2.28. The summed E-state index contributed by atoms with van der Waals surface area (Å²) in [4.78, 5) is 20.9. The Bertz CT molecular complexity index is 768. The van der Waals surface area contributed by atoms with Gasteiger partial charge in [0.1, 0.15) is 0 Å². The second kappa shape index (κ2) is 7.23. The lowest BCUT2D eigenvalue weighted by Gasteiger charge is -2.36. The first-order chi connectivity index (χ1) is 12.2. The molecule has 2 aromatic rings. The molecule has 0 spiro atoms. The minimum Gasteiger partial charge on any atom is -0.379 e. The number of aromatic nitrogens is 1. The minimum atomic E-state index is -0.0838. The van der Waals surface area contributed by atoms with Crippen LogP contribution in [0.4, 0.5) is 5.13 Å². The van der Waals surface area contributed by atoms with Crippen LogP contribution in [0.2, 0.25) is 0 Å². The summed E-state index contributed by atoms with van der Waals surface area (Å²) in [6.45, 7) is 5.71. The summed E-state index contributed by atoms with van der Waals surface area (Å²) in [5.74, 6) is -0.0838. The Balaban J connectivity index is 1.44. The molecule has 0 bridgehead atoms. The van der Waals surface area contributed by atoms with Gasteiger partial charge in [0.2, 0.25) is 0 Å². The quantitative estimate of drug-likeness (QED) is 0.918. The minimum absolute atomic E-state index is 0.0838. The van der Waals surface area contributed by atoms with Gasteiger partial charge < -0.3 is 4.74 Å². The van der Waals surface area contributed by atoms with Gasteiger partial charge >= 0.3 is 0 Å². The van der Waals surface area contributed by atoms with Crippen molar-refractivity contribution >= 4 is 22.4 Å². The highest BCUT2D eigenvalue weighted by Crippen LogP contribution is 2.32. The lowest BCUT2D eigenvalue weighted by atomic mass is 9.96. The molecular formula is C19H23N3O2S. The Morgan fingerprint density at radius 1 is 1.36 bits per heavy atom. The number of aryl methyl sites for hydroxylation is 2. The molecule has 1 aromatic heterocycles. The number of nitrogens with zero attached hydrogens (tertiary/aromatic N) is 2. The maximum atomic E-state index is 12.4. The SMILES string of the molecule is Cc1cccc(C(=O)Nc2nc3c(s2)C[C@@H](N2CCOCC2)CC3)c1. The van der Waals surface area contributed by atoms with Gasteiger partial charge in [-0.2, -0.15) is 0 Å². The average Bonchev–Trinajstić information content (AvgIpc) is 3.03. The number of thiazole rings is 1. The van der Waals surface area contributed by atoms with Crippen LogP contribution in [0.15, 0.2) is 24.3 Å². The molecule has 4 rings (SSSR count). The van der Waals surface area contributed by atoms with Gasteiger partial charge in [0, 0.05) is 29.6 Å². The fourth-order valence-electron chi connectivity index (χ4n) is 3.62. The van der Waals surface area contributed by atoms with E-state index < -0.39 is 0 Å². The van der Waals surface area contributed by atoms with Crippen molar-refractivity contribution in [3.63, 3.8) is 0 Å². The molecule has 132 valence electrons. The van der Waals surface area contributed by atoms with Crippen LogP contribution in [0.5, 0.6) is 0 Å². The monoisotopic (exact) mass is 357 g/mol. The van der Waals surface area contributed by atoms with Gasteiger partial charge in [-0.05, 0) is 38.3 Å². The van der Waals surface area contributed by atoms with E-state index in [1.54, 1.807) is 11.3 Å². The third-order valence-corrected chi connectivity index (χ3v) is 6.01. The molecule has 1 atom stereocenters. The molecule has 2 heterocycles. The highest BCUT2D eigenvalue weighted by molar-refractivity contribution is 7.15. The first kappa shape index (κ1) is 16.7. The number of benzene rings is 1. The Hall–Kier alpha value is -1.76. The van der Waals surface area contributed by atoms with Crippen LogP contribution in [-0.2, 0) is 17.6 Å². The number of morpholine rings is 1. The van der Waals surface area contributed by atoms with Crippen LogP contribution in [0.1, 0.15) is 32.9 Å². The van der Waals surface area contributed by atoms with E-state index in [9.17, 15) is 4.79 Å². The van der Waals surface area contributed by atoms with Crippen molar-refractivity contribution in [1.82, 2.24) is 9.88 Å². The first-order valence-electron chi connectivity index (χ1n) is 8.87. The number of anilines is 1. The fourth-order valence-corrected chi connectivity index (χ4v) is 4.70. The van der Waals surface area contributed by atoms with Gasteiger partial charge in [0.05, 0.1) is 18.9 Å². The molecule has 1 aromatic carbocycles. The molecule has 1 aliphatic heterocycles. The summed E-state index contributed by atoms with van der Waals surface area (Å²) in [5.41, 5.74) is 2.92. The molecule has 0 unspecified atom stereocenters. The Kier molecular flexibility index (Phi) is 4.83. The maximum absolute atomic E-state index is 12.4. The summed E-state index contributed by atoms with van der Waals surface area (Å²) < 4.78 is 5.46. The number of nitrogens with one attached hydrogen (secondary N) is 1. The van der Waals surface area contributed by atoms with Crippen LogP contribution in [-0.4, -0.2) is 48.1 Å². The van der Waals surface area contributed by atoms with E-state index in [2.05, 4.69) is 15.2 Å². The van der Waals surface area contributed by atoms with E-state index in [0.29, 0.717) is 11.6 Å². The number of fused-ring (bicyclic) bond motifs is 1. The molecule has 1 amide bonds. The molecule has 6 heteroatoms. The predicted molar refractivity (Wildman–Crippen MR) is 99.5 cm³/mol. The van der Waals surface area contributed by atoms with Crippen molar-refractivity contribution in [3.05, 3.63) is 46.0 Å². The molecule has 1 N–H and O–H groups in total. The van der Waals surface area contributed by atoms with Crippen molar-refractivity contribution in [2.75, 3.05) is 31.6 Å². The number of carbonyl (C=O) groups is 1. The van der Waals surface area contributed by atoms with E-state index in [-0.39, 0.29) is 5.91 Å². The van der Waals surface area contributed by atoms with Gasteiger partial charge in [0.15, 0.2) is 5.13 Å². The molecule has 2 aliphatic rings. The van der Waals surface area contributed by atoms with Crippen LogP contribution in [0, 0.1) is 6.92 Å². The lowest BCUT2D eigenvalue weighted by Crippen LogP contribution is -2.45. The normalized spacial score (nSPS) is 20.9. The first-order valence-corrected chi connectivity index (χ1v) is 9.69. The van der Waals surface area contributed by atoms with Gasteiger partial charge in [-0.15, -0.1) is 11.3 Å². The number of hydrogen-bond acceptors (Lipinski definition) is 5. The van der Waals surface area contributed by atoms with Crippen LogP contribution >= 0.6 is 11.3 Å². The summed E-state index contributed by atoms with van der Waals surface area (Å²) in [7, 11) is 0. The Labute approximate surface area is 152 Å². The van der Waals surface area contributed by atoms with Gasteiger partial charge in [-0.3, -0.25) is 15.0 Å². The third-order valence-electron chi connectivity index (χ3n) is 4.98. The number of ether oxygens (including phenoxy) is 1. The standard InChI is InChI=1S/C19H23N3O2S/c1-13-3-2-4-14(11-13)18(23)21-19-20-16-6-5-15(12-17(16)25-19)22-7-9-24-10-8-22/h2-4,11,15H,5-10,12H2,1H3,(H,20,21,23)/t15-/m0/s1. The lowest BCUT2D eigenvalue weighted by molar-refractivity contribution is 0.0139. The Morgan fingerprint density at radius 3 is 3.00 bits per heavy atom. The number of hydrogen-bond donors (Lipinski definition) is 1. The summed E-state index contributed by atoms with van der Waals surface area (Å²) in [6, 6.07) is 8.22. The Morgan fingerprint density at radius 2 is 2.20 bits per heavy atom. The van der Waals surface area contributed by atoms with Crippen LogP contribution in [0.3, 0.4) is 0 Å². The summed E-state index contributed by atoms with van der Waals surface area (Å²) >= 11 is 1.63. The van der Waals surface area contributed by atoms with Crippen molar-refractivity contribution < 1.29 is 9.53 Å². The molecule has 1 saturated heterocycles. The molecule has 1 aliphatic carbocycles. The average molecular weight is 357 g/mol. The molecule has 0 saturated carbocycles. The zero-order valence-electron chi connectivity index (χ0n) is 14.5. The van der Waals surface area contributed by atoms with E-state index in [4.69, 9.17) is 4.74 Å². The number of carbonyl (C=O) groups excluding carboxylic acids is 1. The summed E-state index contributed by atoms with van der Waals surface area (Å²) in [5, 5.41) is 3.69. The molecular weight excluding hydrogens is 334 g/mol. The molecule has 0 radical (unpaired) electrons. The fraction of sp³-hybridized carbons (Fsp3) is 0.474. The van der Waals surface area contributed by atoms with Crippen molar-refractivity contribution in [1.29, 1.82) is 0 Å². The van der Waals surface area contributed by atoms with Gasteiger partial charge in [-0.1, -0.05) is 17.7 Å². The second-order valence-electron chi connectivity index (χ2n) is 6.76. The largest absolute Gasteiger partial charge is 0.379 e. The zero-order valence-corrected chi connectivity index (χ0v) is 15.3. The van der Waals surface area contributed by atoms with E-state index in [1.807, 2.05) is 31.2 Å². The van der Waals surface area contributed by atoms with Crippen molar-refractivity contribution in [3.8, 4) is 0 Å². The number of amides is 1. The van der Waals surface area contributed by atoms with Gasteiger partial charge in [-0.25, -0.2) is 4.98 Å². The zero-order chi connectivity index (χ0) is 17.2. The van der Waals surface area contributed by atoms with Crippen LogP contribution in [0.25, 0.3) is 0 Å². The predicted octanol–water partition coefficient (Wildman–Crippen LogP) is 2.89. The van der Waals surface area contributed by atoms with Gasteiger partial charge in [0.25, 0.3) is 5.91 Å². The van der Waals surface area contributed by atoms with Crippen molar-refractivity contribution in [2.24, 2.45) is 0 Å².